The van der Waals surface area contributed by atoms with E-state index in [1.54, 1.807) is 16.7 Å². The summed E-state index contributed by atoms with van der Waals surface area (Å²) in [6, 6.07) is -0.325. The van der Waals surface area contributed by atoms with Crippen molar-refractivity contribution in [2.75, 3.05) is 18.1 Å². The van der Waals surface area contributed by atoms with E-state index in [1.807, 2.05) is 20.8 Å². The zero-order valence-corrected chi connectivity index (χ0v) is 11.1. The Bertz CT molecular complexity index is 285. The molecule has 5 heteroatoms. The van der Waals surface area contributed by atoms with Gasteiger partial charge in [-0.05, 0) is 27.7 Å². The molecule has 1 fully saturated rings. The third kappa shape index (κ3) is 3.70. The molecule has 0 aromatic heterocycles. The SMILES string of the molecule is CC(=O)C1CSCCN1C(=O)OC(C)(C)C. The molecule has 16 heavy (non-hydrogen) atoms. The van der Waals surface area contributed by atoms with E-state index in [2.05, 4.69) is 0 Å². The van der Waals surface area contributed by atoms with E-state index >= 15 is 0 Å². The number of hydrogen-bond donors (Lipinski definition) is 0. The van der Waals surface area contributed by atoms with Crippen LogP contribution < -0.4 is 0 Å². The van der Waals surface area contributed by atoms with E-state index in [9.17, 15) is 9.59 Å². The van der Waals surface area contributed by atoms with E-state index in [4.69, 9.17) is 4.74 Å². The molecule has 0 aliphatic carbocycles. The van der Waals surface area contributed by atoms with Gasteiger partial charge in [0.05, 0.1) is 0 Å². The van der Waals surface area contributed by atoms with Crippen molar-refractivity contribution in [2.45, 2.75) is 39.3 Å². The molecule has 92 valence electrons. The molecule has 1 aliphatic heterocycles. The Morgan fingerprint density at radius 3 is 2.50 bits per heavy atom. The lowest BCUT2D eigenvalue weighted by Gasteiger charge is -2.35. The van der Waals surface area contributed by atoms with Gasteiger partial charge < -0.3 is 4.74 Å². The average Bonchev–Trinajstić information content (AvgIpc) is 2.15. The Balaban J connectivity index is 2.68. The van der Waals surface area contributed by atoms with Gasteiger partial charge in [-0.2, -0.15) is 11.8 Å². The Morgan fingerprint density at radius 2 is 2.00 bits per heavy atom. The lowest BCUT2D eigenvalue weighted by atomic mass is 10.2. The lowest BCUT2D eigenvalue weighted by molar-refractivity contribution is -0.121. The van der Waals surface area contributed by atoms with Crippen LogP contribution in [0.15, 0.2) is 0 Å². The van der Waals surface area contributed by atoms with Crippen LogP contribution in [0, 0.1) is 0 Å². The molecule has 0 spiro atoms. The fourth-order valence-electron chi connectivity index (χ4n) is 1.48. The molecular formula is C11H19NO3S. The molecule has 0 bridgehead atoms. The van der Waals surface area contributed by atoms with Crippen LogP contribution in [-0.2, 0) is 9.53 Å². The van der Waals surface area contributed by atoms with Crippen LogP contribution in [-0.4, -0.2) is 46.5 Å². The van der Waals surface area contributed by atoms with Gasteiger partial charge in [-0.3, -0.25) is 9.69 Å². The van der Waals surface area contributed by atoms with Gasteiger partial charge in [-0.15, -0.1) is 0 Å². The number of thioether (sulfide) groups is 1. The van der Waals surface area contributed by atoms with Crippen molar-refractivity contribution < 1.29 is 14.3 Å². The van der Waals surface area contributed by atoms with Crippen molar-refractivity contribution in [3.8, 4) is 0 Å². The van der Waals surface area contributed by atoms with Crippen molar-refractivity contribution in [1.82, 2.24) is 4.90 Å². The van der Waals surface area contributed by atoms with Crippen molar-refractivity contribution in [3.05, 3.63) is 0 Å². The zero-order valence-electron chi connectivity index (χ0n) is 10.3. The van der Waals surface area contributed by atoms with Crippen LogP contribution in [0.5, 0.6) is 0 Å². The molecule has 0 N–H and O–H groups in total. The standard InChI is InChI=1S/C11H19NO3S/c1-8(13)9-7-16-6-5-12(9)10(14)15-11(2,3)4/h9H,5-7H2,1-4H3. The average molecular weight is 245 g/mol. The van der Waals surface area contributed by atoms with Gasteiger partial charge in [-0.25, -0.2) is 4.79 Å². The first-order valence-electron chi connectivity index (χ1n) is 5.39. The van der Waals surface area contributed by atoms with Gasteiger partial charge in [0.25, 0.3) is 0 Å². The van der Waals surface area contributed by atoms with Crippen LogP contribution in [0.3, 0.4) is 0 Å². The van der Waals surface area contributed by atoms with E-state index < -0.39 is 5.60 Å². The molecule has 4 nitrogen and oxygen atoms in total. The summed E-state index contributed by atoms with van der Waals surface area (Å²) >= 11 is 1.70. The molecule has 1 saturated heterocycles. The van der Waals surface area contributed by atoms with Gasteiger partial charge in [0, 0.05) is 18.1 Å². The summed E-state index contributed by atoms with van der Waals surface area (Å²) in [5, 5.41) is 0. The largest absolute Gasteiger partial charge is 0.444 e. The summed E-state index contributed by atoms with van der Waals surface area (Å²) in [5.41, 5.74) is -0.511. The predicted molar refractivity (Wildman–Crippen MR) is 64.7 cm³/mol. The monoisotopic (exact) mass is 245 g/mol. The molecule has 1 heterocycles. The number of Topliss-reactive ketones (excluding diaryl/α,β-unsaturated/α-hetero) is 1. The Labute approximate surface area is 101 Å². The molecule has 1 aliphatic rings. The van der Waals surface area contributed by atoms with Crippen molar-refractivity contribution in [1.29, 1.82) is 0 Å². The molecule has 0 radical (unpaired) electrons. The van der Waals surface area contributed by atoms with Crippen LogP contribution >= 0.6 is 11.8 Å². The first kappa shape index (κ1) is 13.4. The Kier molecular flexibility index (Phi) is 4.24. The minimum absolute atomic E-state index is 0.0260. The second-order valence-corrected chi connectivity index (χ2v) is 6.02. The van der Waals surface area contributed by atoms with Crippen LogP contribution in [0.25, 0.3) is 0 Å². The second kappa shape index (κ2) is 5.08. The molecule has 0 aromatic rings. The highest BCUT2D eigenvalue weighted by Gasteiger charge is 2.33. The van der Waals surface area contributed by atoms with Gasteiger partial charge in [0.2, 0.25) is 0 Å². The lowest BCUT2D eigenvalue weighted by Crippen LogP contribution is -2.51. The van der Waals surface area contributed by atoms with E-state index in [0.29, 0.717) is 12.3 Å². The van der Waals surface area contributed by atoms with Gasteiger partial charge in [-0.1, -0.05) is 0 Å². The van der Waals surface area contributed by atoms with E-state index in [-0.39, 0.29) is 17.9 Å². The number of rotatable bonds is 1. The number of ether oxygens (including phenoxy) is 1. The second-order valence-electron chi connectivity index (χ2n) is 4.88. The highest BCUT2D eigenvalue weighted by molar-refractivity contribution is 7.99. The maximum absolute atomic E-state index is 11.9. The highest BCUT2D eigenvalue weighted by atomic mass is 32.2. The van der Waals surface area contributed by atoms with E-state index in [0.717, 1.165) is 5.75 Å². The highest BCUT2D eigenvalue weighted by Crippen LogP contribution is 2.20. The summed E-state index contributed by atoms with van der Waals surface area (Å²) in [5.74, 6) is 1.57. The summed E-state index contributed by atoms with van der Waals surface area (Å²) in [6.45, 7) is 7.59. The van der Waals surface area contributed by atoms with Gasteiger partial charge >= 0.3 is 6.09 Å². The van der Waals surface area contributed by atoms with Crippen LogP contribution in [0.4, 0.5) is 4.79 Å². The smallest absolute Gasteiger partial charge is 0.410 e. The number of amides is 1. The predicted octanol–water partition coefficient (Wildman–Crippen LogP) is 1.93. The minimum Gasteiger partial charge on any atom is -0.444 e. The molecular weight excluding hydrogens is 226 g/mol. The third-order valence-electron chi connectivity index (χ3n) is 2.23. The summed E-state index contributed by atoms with van der Waals surface area (Å²) < 4.78 is 5.28. The Hall–Kier alpha value is -0.710. The Morgan fingerprint density at radius 1 is 1.38 bits per heavy atom. The topological polar surface area (TPSA) is 46.6 Å². The maximum Gasteiger partial charge on any atom is 0.410 e. The molecule has 1 amide bonds. The first-order chi connectivity index (χ1) is 7.31. The van der Waals surface area contributed by atoms with Crippen molar-refractivity contribution >= 4 is 23.6 Å². The van der Waals surface area contributed by atoms with Crippen LogP contribution in [0.2, 0.25) is 0 Å². The van der Waals surface area contributed by atoms with Crippen molar-refractivity contribution in [2.24, 2.45) is 0 Å². The van der Waals surface area contributed by atoms with Gasteiger partial charge in [0.1, 0.15) is 11.6 Å². The molecule has 1 unspecified atom stereocenters. The van der Waals surface area contributed by atoms with Crippen LogP contribution in [0.1, 0.15) is 27.7 Å². The first-order valence-corrected chi connectivity index (χ1v) is 6.54. The quantitative estimate of drug-likeness (QED) is 0.708. The number of carbonyl (C=O) groups is 2. The van der Waals surface area contributed by atoms with Gasteiger partial charge in [0.15, 0.2) is 5.78 Å². The van der Waals surface area contributed by atoms with Crippen molar-refractivity contribution in [3.63, 3.8) is 0 Å². The zero-order chi connectivity index (χ0) is 12.3. The molecule has 0 saturated carbocycles. The van der Waals surface area contributed by atoms with E-state index in [1.165, 1.54) is 6.92 Å². The normalized spacial score (nSPS) is 21.8. The fourth-order valence-corrected chi connectivity index (χ4v) is 2.61. The number of nitrogens with zero attached hydrogens (tertiary/aromatic N) is 1. The third-order valence-corrected chi connectivity index (χ3v) is 3.25. The molecule has 1 atom stereocenters. The fraction of sp³-hybridized carbons (Fsp3) is 0.818. The maximum atomic E-state index is 11.9. The summed E-state index contributed by atoms with van der Waals surface area (Å²) in [6.07, 6.45) is -0.381. The number of carbonyl (C=O) groups excluding carboxylic acids is 2. The summed E-state index contributed by atoms with van der Waals surface area (Å²) in [7, 11) is 0. The number of hydrogen-bond acceptors (Lipinski definition) is 4. The minimum atomic E-state index is -0.511. The molecule has 1 rings (SSSR count). The molecule has 0 aromatic carbocycles. The number of ketones is 1. The summed E-state index contributed by atoms with van der Waals surface area (Å²) in [4.78, 5) is 24.8.